The van der Waals surface area contributed by atoms with E-state index in [9.17, 15) is 0 Å². The number of fused-ring (bicyclic) bond motifs is 3. The molecule has 0 saturated heterocycles. The summed E-state index contributed by atoms with van der Waals surface area (Å²) >= 11 is 0. The van der Waals surface area contributed by atoms with Crippen molar-refractivity contribution in [1.29, 1.82) is 0 Å². The molecule has 3 heteroatoms. The molecule has 3 aromatic rings. The number of rotatable bonds is 2. The van der Waals surface area contributed by atoms with Crippen molar-refractivity contribution < 1.29 is 9.63 Å². The molecule has 1 N–H and O–H groups in total. The Balaban J connectivity index is 2.36. The van der Waals surface area contributed by atoms with Crippen LogP contribution in [0.1, 0.15) is 5.69 Å². The maximum absolute atomic E-state index is 8.93. The zero-order chi connectivity index (χ0) is 11.0. The molecule has 0 unspecified atom stereocenters. The summed E-state index contributed by atoms with van der Waals surface area (Å²) in [6.45, 7) is 0.0917. The lowest BCUT2D eigenvalue weighted by molar-refractivity contribution is 0.295. The predicted octanol–water partition coefficient (Wildman–Crippen LogP) is 2.52. The van der Waals surface area contributed by atoms with Gasteiger partial charge in [0.25, 0.3) is 0 Å². The first-order valence-electron chi connectivity index (χ1n) is 5.27. The number of aliphatic hydroxyl groups is 1. The Hall–Kier alpha value is -1.87. The van der Waals surface area contributed by atoms with Crippen LogP contribution in [-0.2, 0) is 6.42 Å². The van der Waals surface area contributed by atoms with Crippen LogP contribution in [0.5, 0.6) is 0 Å². The molecule has 0 spiro atoms. The van der Waals surface area contributed by atoms with Gasteiger partial charge in [-0.2, -0.15) is 0 Å². The first-order valence-corrected chi connectivity index (χ1v) is 5.27. The Morgan fingerprint density at radius 1 is 1.06 bits per heavy atom. The van der Waals surface area contributed by atoms with Crippen LogP contribution < -0.4 is 0 Å². The van der Waals surface area contributed by atoms with E-state index >= 15 is 0 Å². The molecule has 0 fully saturated rings. The quantitative estimate of drug-likeness (QED) is 0.711. The van der Waals surface area contributed by atoms with Gasteiger partial charge in [0.05, 0.1) is 5.69 Å². The van der Waals surface area contributed by atoms with Crippen molar-refractivity contribution in [2.75, 3.05) is 6.61 Å². The Morgan fingerprint density at radius 3 is 2.81 bits per heavy atom. The second kappa shape index (κ2) is 3.61. The first-order chi connectivity index (χ1) is 7.90. The van der Waals surface area contributed by atoms with Gasteiger partial charge in [0.2, 0.25) is 0 Å². The van der Waals surface area contributed by atoms with E-state index in [4.69, 9.17) is 9.63 Å². The molecule has 1 heterocycles. The van der Waals surface area contributed by atoms with Crippen molar-refractivity contribution in [3.05, 3.63) is 42.1 Å². The van der Waals surface area contributed by atoms with Gasteiger partial charge in [-0.1, -0.05) is 35.5 Å². The van der Waals surface area contributed by atoms with E-state index in [1.807, 2.05) is 30.3 Å². The van der Waals surface area contributed by atoms with E-state index in [1.54, 1.807) is 0 Å². The second-order valence-electron chi connectivity index (χ2n) is 3.77. The standard InChI is InChI=1S/C13H11NO2/c15-8-7-12-11-6-5-9-3-1-2-4-10(9)13(11)16-14-12/h1-6,15H,7-8H2. The van der Waals surface area contributed by atoms with Crippen LogP contribution >= 0.6 is 0 Å². The molecule has 0 aliphatic rings. The average Bonchev–Trinajstić information content (AvgIpc) is 2.73. The number of hydrogen-bond donors (Lipinski definition) is 1. The van der Waals surface area contributed by atoms with Crippen LogP contribution in [0.4, 0.5) is 0 Å². The fraction of sp³-hybridized carbons (Fsp3) is 0.154. The molecule has 0 atom stereocenters. The molecule has 0 saturated carbocycles. The molecule has 0 aliphatic carbocycles. The maximum atomic E-state index is 8.93. The molecule has 0 bridgehead atoms. The van der Waals surface area contributed by atoms with Gasteiger partial charge in [-0.3, -0.25) is 0 Å². The van der Waals surface area contributed by atoms with Gasteiger partial charge in [-0.25, -0.2) is 0 Å². The van der Waals surface area contributed by atoms with Gasteiger partial charge in [-0.05, 0) is 11.5 Å². The molecule has 80 valence electrons. The Morgan fingerprint density at radius 2 is 1.94 bits per heavy atom. The Kier molecular flexibility index (Phi) is 2.11. The fourth-order valence-corrected chi connectivity index (χ4v) is 2.00. The highest BCUT2D eigenvalue weighted by Gasteiger charge is 2.09. The summed E-state index contributed by atoms with van der Waals surface area (Å²) < 4.78 is 5.35. The fourth-order valence-electron chi connectivity index (χ4n) is 2.00. The van der Waals surface area contributed by atoms with Crippen LogP contribution in [0, 0.1) is 0 Å². The van der Waals surface area contributed by atoms with E-state index < -0.39 is 0 Å². The summed E-state index contributed by atoms with van der Waals surface area (Å²) in [5.74, 6) is 0. The lowest BCUT2D eigenvalue weighted by atomic mass is 10.1. The molecule has 2 aromatic carbocycles. The van der Waals surface area contributed by atoms with Gasteiger partial charge in [-0.15, -0.1) is 0 Å². The van der Waals surface area contributed by atoms with Gasteiger partial charge < -0.3 is 9.63 Å². The van der Waals surface area contributed by atoms with Crippen LogP contribution in [-0.4, -0.2) is 16.9 Å². The highest BCUT2D eigenvalue weighted by atomic mass is 16.5. The molecule has 16 heavy (non-hydrogen) atoms. The molecule has 0 radical (unpaired) electrons. The van der Waals surface area contributed by atoms with E-state index in [0.29, 0.717) is 6.42 Å². The third-order valence-electron chi connectivity index (χ3n) is 2.79. The van der Waals surface area contributed by atoms with Gasteiger partial charge in [0.15, 0.2) is 5.58 Å². The van der Waals surface area contributed by atoms with Gasteiger partial charge >= 0.3 is 0 Å². The third kappa shape index (κ3) is 1.29. The van der Waals surface area contributed by atoms with Crippen LogP contribution in [0.2, 0.25) is 0 Å². The number of nitrogens with zero attached hydrogens (tertiary/aromatic N) is 1. The van der Waals surface area contributed by atoms with Crippen molar-refractivity contribution in [1.82, 2.24) is 5.16 Å². The maximum Gasteiger partial charge on any atom is 0.174 e. The smallest absolute Gasteiger partial charge is 0.174 e. The molecular formula is C13H11NO2. The van der Waals surface area contributed by atoms with E-state index in [2.05, 4.69) is 11.2 Å². The summed E-state index contributed by atoms with van der Waals surface area (Å²) in [5, 5.41) is 16.1. The summed E-state index contributed by atoms with van der Waals surface area (Å²) in [6, 6.07) is 12.1. The van der Waals surface area contributed by atoms with Crippen molar-refractivity contribution in [3.63, 3.8) is 0 Å². The van der Waals surface area contributed by atoms with Crippen molar-refractivity contribution in [3.8, 4) is 0 Å². The summed E-state index contributed by atoms with van der Waals surface area (Å²) in [5.41, 5.74) is 1.63. The minimum Gasteiger partial charge on any atom is -0.396 e. The van der Waals surface area contributed by atoms with Crippen molar-refractivity contribution in [2.24, 2.45) is 0 Å². The van der Waals surface area contributed by atoms with Crippen LogP contribution in [0.3, 0.4) is 0 Å². The molecule has 3 rings (SSSR count). The van der Waals surface area contributed by atoms with E-state index in [1.165, 1.54) is 0 Å². The largest absolute Gasteiger partial charge is 0.396 e. The number of benzene rings is 2. The van der Waals surface area contributed by atoms with Crippen LogP contribution in [0.25, 0.3) is 21.7 Å². The summed E-state index contributed by atoms with van der Waals surface area (Å²) in [6.07, 6.45) is 0.533. The average molecular weight is 213 g/mol. The zero-order valence-electron chi connectivity index (χ0n) is 8.68. The van der Waals surface area contributed by atoms with Gasteiger partial charge in [0, 0.05) is 23.8 Å². The first kappa shape index (κ1) is 9.36. The molecule has 3 nitrogen and oxygen atoms in total. The molecular weight excluding hydrogens is 202 g/mol. The number of aromatic nitrogens is 1. The molecule has 0 amide bonds. The van der Waals surface area contributed by atoms with E-state index in [0.717, 1.165) is 27.4 Å². The zero-order valence-corrected chi connectivity index (χ0v) is 8.68. The monoisotopic (exact) mass is 213 g/mol. The Labute approximate surface area is 92.3 Å². The predicted molar refractivity (Wildman–Crippen MR) is 62.3 cm³/mol. The summed E-state index contributed by atoms with van der Waals surface area (Å²) in [4.78, 5) is 0. The topological polar surface area (TPSA) is 46.3 Å². The SMILES string of the molecule is OCCc1noc2c1ccc1ccccc12. The Bertz CT molecular complexity index is 643. The second-order valence-corrected chi connectivity index (χ2v) is 3.77. The highest BCUT2D eigenvalue weighted by Crippen LogP contribution is 2.27. The van der Waals surface area contributed by atoms with Crippen molar-refractivity contribution in [2.45, 2.75) is 6.42 Å². The molecule has 0 aliphatic heterocycles. The van der Waals surface area contributed by atoms with Crippen LogP contribution in [0.15, 0.2) is 40.9 Å². The lowest BCUT2D eigenvalue weighted by Crippen LogP contribution is -1.90. The molecule has 1 aromatic heterocycles. The lowest BCUT2D eigenvalue weighted by Gasteiger charge is -1.97. The van der Waals surface area contributed by atoms with Crippen molar-refractivity contribution >= 4 is 21.7 Å². The third-order valence-corrected chi connectivity index (χ3v) is 2.79. The minimum absolute atomic E-state index is 0.0917. The normalized spacial score (nSPS) is 11.3. The highest BCUT2D eigenvalue weighted by molar-refractivity contribution is 6.04. The van der Waals surface area contributed by atoms with Gasteiger partial charge in [0.1, 0.15) is 0 Å². The minimum atomic E-state index is 0.0917. The number of hydrogen-bond acceptors (Lipinski definition) is 3. The summed E-state index contributed by atoms with van der Waals surface area (Å²) in [7, 11) is 0. The van der Waals surface area contributed by atoms with E-state index in [-0.39, 0.29) is 6.61 Å². The number of aliphatic hydroxyl groups excluding tert-OH is 1.